The molecule has 0 aliphatic heterocycles. The molecule has 0 radical (unpaired) electrons. The zero-order valence-corrected chi connectivity index (χ0v) is 12.1. The van der Waals surface area contributed by atoms with Gasteiger partial charge >= 0.3 is 5.69 Å². The van der Waals surface area contributed by atoms with Crippen molar-refractivity contribution in [3.05, 3.63) is 27.8 Å². The van der Waals surface area contributed by atoms with Crippen molar-refractivity contribution in [2.45, 2.75) is 26.8 Å². The Balaban J connectivity index is 3.03. The van der Waals surface area contributed by atoms with Gasteiger partial charge in [0.2, 0.25) is 0 Å². The molecule has 1 aromatic rings. The summed E-state index contributed by atoms with van der Waals surface area (Å²) in [5.74, 6) is 0.199. The molecule has 0 saturated carbocycles. The van der Waals surface area contributed by atoms with Crippen molar-refractivity contribution < 1.29 is 9.66 Å². The van der Waals surface area contributed by atoms with Gasteiger partial charge < -0.3 is 15.4 Å². The molecule has 0 saturated heterocycles. The standard InChI is InChI=1S/C12H17N3O3S/c1-7(2)13-12(19)14-9-6-11(18-4)10(15(16)17)5-8(9)3/h5-7H,1-4H3,(H2,13,14,19). The first-order chi connectivity index (χ1) is 8.85. The third kappa shape index (κ3) is 4.06. The van der Waals surface area contributed by atoms with Gasteiger partial charge in [0.1, 0.15) is 0 Å². The number of benzene rings is 1. The molecule has 0 fully saturated rings. The molecule has 2 N–H and O–H groups in total. The largest absolute Gasteiger partial charge is 0.490 e. The average molecular weight is 283 g/mol. The Morgan fingerprint density at radius 1 is 1.47 bits per heavy atom. The van der Waals surface area contributed by atoms with Crippen molar-refractivity contribution in [1.82, 2.24) is 5.32 Å². The molecule has 0 spiro atoms. The summed E-state index contributed by atoms with van der Waals surface area (Å²) in [7, 11) is 1.39. The van der Waals surface area contributed by atoms with Crippen LogP contribution in [-0.2, 0) is 0 Å². The molecule has 1 aromatic carbocycles. The number of methoxy groups -OCH3 is 1. The lowest BCUT2D eigenvalue weighted by Crippen LogP contribution is -2.34. The molecular formula is C12H17N3O3S. The number of hydrogen-bond donors (Lipinski definition) is 2. The Morgan fingerprint density at radius 3 is 2.58 bits per heavy atom. The van der Waals surface area contributed by atoms with Crippen molar-refractivity contribution >= 4 is 28.7 Å². The van der Waals surface area contributed by atoms with Crippen LogP contribution in [0.15, 0.2) is 12.1 Å². The number of rotatable bonds is 4. The minimum atomic E-state index is -0.472. The topological polar surface area (TPSA) is 76.4 Å². The monoisotopic (exact) mass is 283 g/mol. The van der Waals surface area contributed by atoms with E-state index in [0.717, 1.165) is 5.56 Å². The Labute approximate surface area is 117 Å². The number of aryl methyl sites for hydroxylation is 1. The van der Waals surface area contributed by atoms with E-state index in [1.165, 1.54) is 13.2 Å². The number of nitrogens with zero attached hydrogens (tertiary/aromatic N) is 1. The van der Waals surface area contributed by atoms with Crippen LogP contribution in [0.25, 0.3) is 0 Å². The zero-order chi connectivity index (χ0) is 14.6. The van der Waals surface area contributed by atoms with E-state index in [9.17, 15) is 10.1 Å². The summed E-state index contributed by atoms with van der Waals surface area (Å²) in [5, 5.41) is 17.4. The molecular weight excluding hydrogens is 266 g/mol. The normalized spacial score (nSPS) is 10.2. The fraction of sp³-hybridized carbons (Fsp3) is 0.417. The van der Waals surface area contributed by atoms with E-state index in [2.05, 4.69) is 10.6 Å². The van der Waals surface area contributed by atoms with Crippen LogP contribution in [0.5, 0.6) is 5.75 Å². The summed E-state index contributed by atoms with van der Waals surface area (Å²) >= 11 is 5.14. The molecule has 0 bridgehead atoms. The van der Waals surface area contributed by atoms with Crippen molar-refractivity contribution in [2.24, 2.45) is 0 Å². The summed E-state index contributed by atoms with van der Waals surface area (Å²) < 4.78 is 5.02. The quantitative estimate of drug-likeness (QED) is 0.502. The van der Waals surface area contributed by atoms with Crippen molar-refractivity contribution in [1.29, 1.82) is 0 Å². The predicted molar refractivity (Wildman–Crippen MR) is 78.9 cm³/mol. The van der Waals surface area contributed by atoms with Crippen LogP contribution in [0.2, 0.25) is 0 Å². The number of hydrogen-bond acceptors (Lipinski definition) is 4. The van der Waals surface area contributed by atoms with E-state index < -0.39 is 4.92 Å². The molecule has 0 heterocycles. The Morgan fingerprint density at radius 2 is 2.11 bits per heavy atom. The van der Waals surface area contributed by atoms with Gasteiger partial charge in [-0.05, 0) is 38.6 Å². The Kier molecular flexibility index (Phi) is 5.05. The Hall–Kier alpha value is -1.89. The van der Waals surface area contributed by atoms with Gasteiger partial charge in [0, 0.05) is 23.9 Å². The second kappa shape index (κ2) is 6.33. The summed E-state index contributed by atoms with van der Waals surface area (Å²) in [6.07, 6.45) is 0. The third-order valence-electron chi connectivity index (χ3n) is 2.39. The first kappa shape index (κ1) is 15.2. The van der Waals surface area contributed by atoms with E-state index >= 15 is 0 Å². The molecule has 7 heteroatoms. The van der Waals surface area contributed by atoms with E-state index in [0.29, 0.717) is 10.8 Å². The molecule has 0 aromatic heterocycles. The van der Waals surface area contributed by atoms with E-state index in [4.69, 9.17) is 17.0 Å². The second-order valence-corrected chi connectivity index (χ2v) is 4.76. The zero-order valence-electron chi connectivity index (χ0n) is 11.3. The molecule has 0 atom stereocenters. The van der Waals surface area contributed by atoms with Crippen LogP contribution in [0, 0.1) is 17.0 Å². The first-order valence-corrected chi connectivity index (χ1v) is 6.16. The molecule has 0 aliphatic rings. The van der Waals surface area contributed by atoms with Gasteiger partial charge in [-0.15, -0.1) is 0 Å². The SMILES string of the molecule is COc1cc(NC(=S)NC(C)C)c(C)cc1[N+](=O)[O-]. The number of nitro benzene ring substituents is 1. The lowest BCUT2D eigenvalue weighted by atomic mass is 10.1. The van der Waals surface area contributed by atoms with Gasteiger partial charge in [-0.1, -0.05) is 0 Å². The molecule has 104 valence electrons. The lowest BCUT2D eigenvalue weighted by molar-refractivity contribution is -0.385. The molecule has 1 rings (SSSR count). The number of thiocarbonyl (C=S) groups is 1. The maximum absolute atomic E-state index is 10.9. The fourth-order valence-corrected chi connectivity index (χ4v) is 1.88. The molecule has 19 heavy (non-hydrogen) atoms. The summed E-state index contributed by atoms with van der Waals surface area (Å²) in [6.45, 7) is 5.71. The fourth-order valence-electron chi connectivity index (χ4n) is 1.53. The highest BCUT2D eigenvalue weighted by molar-refractivity contribution is 7.80. The summed E-state index contributed by atoms with van der Waals surface area (Å²) in [6, 6.07) is 3.24. The first-order valence-electron chi connectivity index (χ1n) is 5.75. The van der Waals surface area contributed by atoms with Crippen molar-refractivity contribution in [2.75, 3.05) is 12.4 Å². The minimum absolute atomic E-state index is 0.0618. The van der Waals surface area contributed by atoms with Gasteiger partial charge in [-0.3, -0.25) is 10.1 Å². The van der Waals surface area contributed by atoms with Crippen LogP contribution in [-0.4, -0.2) is 23.2 Å². The highest BCUT2D eigenvalue weighted by Gasteiger charge is 2.17. The predicted octanol–water partition coefficient (Wildman–Crippen LogP) is 2.61. The van der Waals surface area contributed by atoms with E-state index in [1.54, 1.807) is 13.0 Å². The van der Waals surface area contributed by atoms with Crippen LogP contribution in [0.4, 0.5) is 11.4 Å². The van der Waals surface area contributed by atoms with Crippen LogP contribution in [0.1, 0.15) is 19.4 Å². The number of anilines is 1. The van der Waals surface area contributed by atoms with Crippen LogP contribution >= 0.6 is 12.2 Å². The second-order valence-electron chi connectivity index (χ2n) is 4.35. The Bertz CT molecular complexity index is 503. The maximum Gasteiger partial charge on any atom is 0.311 e. The number of nitro groups is 1. The van der Waals surface area contributed by atoms with Crippen LogP contribution in [0.3, 0.4) is 0 Å². The highest BCUT2D eigenvalue weighted by Crippen LogP contribution is 2.32. The van der Waals surface area contributed by atoms with Gasteiger partial charge in [-0.2, -0.15) is 0 Å². The van der Waals surface area contributed by atoms with E-state index in [-0.39, 0.29) is 17.5 Å². The van der Waals surface area contributed by atoms with Gasteiger partial charge in [-0.25, -0.2) is 0 Å². The van der Waals surface area contributed by atoms with Gasteiger partial charge in [0.25, 0.3) is 0 Å². The average Bonchev–Trinajstić information content (AvgIpc) is 2.29. The lowest BCUT2D eigenvalue weighted by Gasteiger charge is -2.15. The molecule has 6 nitrogen and oxygen atoms in total. The number of ether oxygens (including phenoxy) is 1. The molecule has 0 amide bonds. The number of nitrogens with one attached hydrogen (secondary N) is 2. The third-order valence-corrected chi connectivity index (χ3v) is 2.61. The van der Waals surface area contributed by atoms with Crippen LogP contribution < -0.4 is 15.4 Å². The van der Waals surface area contributed by atoms with Gasteiger partial charge in [0.15, 0.2) is 10.9 Å². The maximum atomic E-state index is 10.9. The molecule has 0 unspecified atom stereocenters. The minimum Gasteiger partial charge on any atom is -0.490 e. The van der Waals surface area contributed by atoms with Crippen molar-refractivity contribution in [3.8, 4) is 5.75 Å². The summed E-state index contributed by atoms with van der Waals surface area (Å²) in [5.41, 5.74) is 1.34. The summed E-state index contributed by atoms with van der Waals surface area (Å²) in [4.78, 5) is 10.4. The van der Waals surface area contributed by atoms with Crippen molar-refractivity contribution in [3.63, 3.8) is 0 Å². The highest BCUT2D eigenvalue weighted by atomic mass is 32.1. The molecule has 0 aliphatic carbocycles. The van der Waals surface area contributed by atoms with Gasteiger partial charge in [0.05, 0.1) is 12.0 Å². The van der Waals surface area contributed by atoms with E-state index in [1.807, 2.05) is 13.8 Å². The smallest absolute Gasteiger partial charge is 0.311 e.